The summed E-state index contributed by atoms with van der Waals surface area (Å²) in [7, 11) is 1.47. The lowest BCUT2D eigenvalue weighted by atomic mass is 10.00. The molecular weight excluding hydrogens is 330 g/mol. The Hall–Kier alpha value is -2.53. The fourth-order valence-electron chi connectivity index (χ4n) is 2.28. The van der Waals surface area contributed by atoms with Gasteiger partial charge in [0.25, 0.3) is 0 Å². The summed E-state index contributed by atoms with van der Waals surface area (Å²) < 4.78 is 5.04. The average Bonchev–Trinajstić information content (AvgIpc) is 2.58. The number of phenols is 1. The molecule has 0 radical (unpaired) electrons. The largest absolute Gasteiger partial charge is 0.504 e. The third kappa shape index (κ3) is 4.49. The number of benzene rings is 2. The first-order chi connectivity index (χ1) is 11.5. The second-order valence-corrected chi connectivity index (χ2v) is 5.65. The molecule has 6 heteroatoms. The lowest BCUT2D eigenvalue weighted by molar-refractivity contribution is -0.125. The van der Waals surface area contributed by atoms with Gasteiger partial charge in [-0.25, -0.2) is 0 Å². The van der Waals surface area contributed by atoms with Gasteiger partial charge < -0.3 is 20.0 Å². The van der Waals surface area contributed by atoms with Crippen LogP contribution in [0.25, 0.3) is 0 Å². The van der Waals surface area contributed by atoms with Crippen LogP contribution >= 0.6 is 11.6 Å². The minimum atomic E-state index is -0.864. The number of phenolic OH excluding ortho intramolecular Hbond substituents is 1. The molecule has 0 heterocycles. The number of hydrogen-bond acceptors (Lipinski definition) is 4. The highest BCUT2D eigenvalue weighted by atomic mass is 35.5. The smallest absolute Gasteiger partial charge is 0.234 e. The third-order valence-electron chi connectivity index (χ3n) is 3.60. The summed E-state index contributed by atoms with van der Waals surface area (Å²) in [4.78, 5) is 23.4. The number of ether oxygens (including phenoxy) is 1. The first-order valence-electron chi connectivity index (χ1n) is 7.39. The molecule has 0 aliphatic rings. The molecule has 0 fully saturated rings. The van der Waals surface area contributed by atoms with E-state index in [1.54, 1.807) is 36.4 Å². The molecule has 1 amide bonds. The molecule has 0 aromatic heterocycles. The van der Waals surface area contributed by atoms with Gasteiger partial charge >= 0.3 is 0 Å². The van der Waals surface area contributed by atoms with Crippen LogP contribution in [0.15, 0.2) is 42.5 Å². The van der Waals surface area contributed by atoms with E-state index in [4.69, 9.17) is 16.3 Å². The highest BCUT2D eigenvalue weighted by Crippen LogP contribution is 2.26. The molecule has 1 unspecified atom stereocenters. The van der Waals surface area contributed by atoms with Crippen molar-refractivity contribution in [2.75, 3.05) is 13.7 Å². The molecule has 2 aromatic carbocycles. The molecule has 2 rings (SSSR count). The van der Waals surface area contributed by atoms with Crippen molar-refractivity contribution >= 4 is 23.8 Å². The van der Waals surface area contributed by atoms with Crippen LogP contribution in [0.4, 0.5) is 0 Å². The number of carbonyl (C=O) groups is 2. The molecule has 5 nitrogen and oxygen atoms in total. The predicted octanol–water partition coefficient (Wildman–Crippen LogP) is 2.70. The third-order valence-corrected chi connectivity index (χ3v) is 3.86. The van der Waals surface area contributed by atoms with Gasteiger partial charge in [-0.05, 0) is 41.8 Å². The fraction of sp³-hybridized carbons (Fsp3) is 0.222. The SMILES string of the molecule is COc1cc(CCNC(=O)C(C=O)c2ccc(Cl)cc2)ccc1O. The zero-order valence-corrected chi connectivity index (χ0v) is 13.9. The standard InChI is InChI=1S/C18H18ClNO4/c1-24-17-10-12(2-7-16(17)22)8-9-20-18(23)15(11-21)13-3-5-14(19)6-4-13/h2-7,10-11,15,22H,8-9H2,1H3,(H,20,23). The van der Waals surface area contributed by atoms with Crippen LogP contribution < -0.4 is 10.1 Å². The topological polar surface area (TPSA) is 75.6 Å². The second-order valence-electron chi connectivity index (χ2n) is 5.21. The number of aldehydes is 1. The summed E-state index contributed by atoms with van der Waals surface area (Å²) >= 11 is 5.81. The van der Waals surface area contributed by atoms with Gasteiger partial charge in [0.2, 0.25) is 5.91 Å². The minimum Gasteiger partial charge on any atom is -0.504 e. The van der Waals surface area contributed by atoms with Gasteiger partial charge in [0.15, 0.2) is 11.5 Å². The maximum atomic E-state index is 12.2. The summed E-state index contributed by atoms with van der Waals surface area (Å²) in [6.45, 7) is 0.366. The van der Waals surface area contributed by atoms with Crippen molar-refractivity contribution < 1.29 is 19.4 Å². The van der Waals surface area contributed by atoms with Crippen LogP contribution in [0.1, 0.15) is 17.0 Å². The van der Waals surface area contributed by atoms with Crippen molar-refractivity contribution in [2.24, 2.45) is 0 Å². The Labute approximate surface area is 145 Å². The predicted molar refractivity (Wildman–Crippen MR) is 91.6 cm³/mol. The van der Waals surface area contributed by atoms with Gasteiger partial charge in [0.1, 0.15) is 12.2 Å². The molecule has 1 atom stereocenters. The first-order valence-corrected chi connectivity index (χ1v) is 7.77. The van der Waals surface area contributed by atoms with E-state index in [9.17, 15) is 14.7 Å². The molecule has 0 aliphatic heterocycles. The summed E-state index contributed by atoms with van der Waals surface area (Å²) in [6, 6.07) is 11.6. The van der Waals surface area contributed by atoms with Crippen LogP contribution in [0.2, 0.25) is 5.02 Å². The van der Waals surface area contributed by atoms with Crippen LogP contribution in [0.3, 0.4) is 0 Å². The molecule has 0 saturated heterocycles. The van der Waals surface area contributed by atoms with Gasteiger partial charge in [0.05, 0.1) is 7.11 Å². The molecule has 126 valence electrons. The monoisotopic (exact) mass is 347 g/mol. The molecule has 24 heavy (non-hydrogen) atoms. The highest BCUT2D eigenvalue weighted by Gasteiger charge is 2.19. The number of hydrogen-bond donors (Lipinski definition) is 2. The number of nitrogens with one attached hydrogen (secondary N) is 1. The maximum absolute atomic E-state index is 12.2. The van der Waals surface area contributed by atoms with Crippen LogP contribution in [-0.4, -0.2) is 31.0 Å². The Morgan fingerprint density at radius 1 is 1.29 bits per heavy atom. The van der Waals surface area contributed by atoms with Crippen LogP contribution in [-0.2, 0) is 16.0 Å². The lowest BCUT2D eigenvalue weighted by Crippen LogP contribution is -2.31. The Morgan fingerprint density at radius 2 is 2.00 bits per heavy atom. The van der Waals surface area contributed by atoms with E-state index >= 15 is 0 Å². The summed E-state index contributed by atoms with van der Waals surface area (Å²) in [6.07, 6.45) is 1.16. The minimum absolute atomic E-state index is 0.0639. The van der Waals surface area contributed by atoms with Gasteiger partial charge in [0, 0.05) is 11.6 Å². The van der Waals surface area contributed by atoms with Crippen molar-refractivity contribution in [3.8, 4) is 11.5 Å². The molecule has 0 aliphatic carbocycles. The number of carbonyl (C=O) groups excluding carboxylic acids is 2. The Morgan fingerprint density at radius 3 is 2.62 bits per heavy atom. The summed E-state index contributed by atoms with van der Waals surface area (Å²) in [5.41, 5.74) is 1.50. The molecule has 2 aromatic rings. The van der Waals surface area contributed by atoms with E-state index in [-0.39, 0.29) is 11.7 Å². The molecule has 0 saturated carbocycles. The normalized spacial score (nSPS) is 11.6. The van der Waals surface area contributed by atoms with Crippen molar-refractivity contribution in [3.05, 3.63) is 58.6 Å². The maximum Gasteiger partial charge on any atom is 0.234 e. The zero-order valence-electron chi connectivity index (χ0n) is 13.2. The van der Waals surface area contributed by atoms with Gasteiger partial charge in [-0.1, -0.05) is 29.8 Å². The molecule has 2 N–H and O–H groups in total. The molecular formula is C18H18ClNO4. The van der Waals surface area contributed by atoms with Crippen LogP contribution in [0.5, 0.6) is 11.5 Å². The number of amides is 1. The first kappa shape index (κ1) is 17.8. The number of rotatable bonds is 7. The highest BCUT2D eigenvalue weighted by molar-refractivity contribution is 6.30. The van der Waals surface area contributed by atoms with Crippen molar-refractivity contribution in [3.63, 3.8) is 0 Å². The quantitative estimate of drug-likeness (QED) is 0.596. The Balaban J connectivity index is 1.94. The van der Waals surface area contributed by atoms with E-state index in [2.05, 4.69) is 5.32 Å². The van der Waals surface area contributed by atoms with E-state index in [0.717, 1.165) is 5.56 Å². The zero-order chi connectivity index (χ0) is 17.5. The van der Waals surface area contributed by atoms with E-state index in [0.29, 0.717) is 35.6 Å². The second kappa shape index (κ2) is 8.36. The van der Waals surface area contributed by atoms with Crippen molar-refractivity contribution in [1.29, 1.82) is 0 Å². The van der Waals surface area contributed by atoms with E-state index in [1.165, 1.54) is 13.2 Å². The van der Waals surface area contributed by atoms with E-state index in [1.807, 2.05) is 0 Å². The summed E-state index contributed by atoms with van der Waals surface area (Å²) in [5, 5.41) is 12.8. The average molecular weight is 348 g/mol. The van der Waals surface area contributed by atoms with Gasteiger partial charge in [-0.15, -0.1) is 0 Å². The van der Waals surface area contributed by atoms with Gasteiger partial charge in [-0.3, -0.25) is 4.79 Å². The Kier molecular flexibility index (Phi) is 6.21. The fourth-order valence-corrected chi connectivity index (χ4v) is 2.41. The lowest BCUT2D eigenvalue weighted by Gasteiger charge is -2.12. The molecule has 0 spiro atoms. The Bertz CT molecular complexity index is 715. The molecule has 0 bridgehead atoms. The van der Waals surface area contributed by atoms with E-state index < -0.39 is 5.92 Å². The number of halogens is 1. The van der Waals surface area contributed by atoms with Crippen molar-refractivity contribution in [2.45, 2.75) is 12.3 Å². The van der Waals surface area contributed by atoms with Crippen LogP contribution in [0, 0.1) is 0 Å². The number of aromatic hydroxyl groups is 1. The number of methoxy groups -OCH3 is 1. The summed E-state index contributed by atoms with van der Waals surface area (Å²) in [5.74, 6) is -0.783. The van der Waals surface area contributed by atoms with Crippen molar-refractivity contribution in [1.82, 2.24) is 5.32 Å². The van der Waals surface area contributed by atoms with Gasteiger partial charge in [-0.2, -0.15) is 0 Å².